The van der Waals surface area contributed by atoms with E-state index >= 15 is 0 Å². The Morgan fingerprint density at radius 1 is 1.14 bits per heavy atom. The second-order valence-electron chi connectivity index (χ2n) is 6.16. The molecule has 2 aliphatic rings. The Balaban J connectivity index is 1.62. The molecule has 0 radical (unpaired) electrons. The Hall–Kier alpha value is -2.04. The van der Waals surface area contributed by atoms with Gasteiger partial charge in [0, 0.05) is 19.0 Å². The lowest BCUT2D eigenvalue weighted by molar-refractivity contribution is -0.151. The van der Waals surface area contributed by atoms with Crippen molar-refractivity contribution in [2.24, 2.45) is 11.8 Å². The lowest BCUT2D eigenvalue weighted by Gasteiger charge is -2.35. The molecule has 5 nitrogen and oxygen atoms in total. The monoisotopic (exact) mass is 303 g/mol. The molecule has 1 aromatic carbocycles. The molecule has 3 rings (SSSR count). The van der Waals surface area contributed by atoms with Gasteiger partial charge in [-0.3, -0.25) is 9.59 Å². The minimum absolute atomic E-state index is 0.100. The summed E-state index contributed by atoms with van der Waals surface area (Å²) in [4.78, 5) is 25.2. The predicted octanol–water partition coefficient (Wildman–Crippen LogP) is 1.73. The van der Waals surface area contributed by atoms with E-state index < -0.39 is 5.97 Å². The molecule has 0 atom stereocenters. The molecule has 1 saturated carbocycles. The third-order valence-electron chi connectivity index (χ3n) is 4.86. The van der Waals surface area contributed by atoms with E-state index in [4.69, 9.17) is 9.84 Å². The molecule has 0 bridgehead atoms. The molecule has 1 N–H and O–H groups in total. The zero-order valence-electron chi connectivity index (χ0n) is 12.7. The first-order valence-electron chi connectivity index (χ1n) is 7.76. The molecule has 1 aliphatic heterocycles. The van der Waals surface area contributed by atoms with Gasteiger partial charge in [0.15, 0.2) is 0 Å². The molecule has 0 unspecified atom stereocenters. The highest BCUT2D eigenvalue weighted by molar-refractivity contribution is 5.83. The molecule has 1 heterocycles. The summed E-state index contributed by atoms with van der Waals surface area (Å²) in [6.07, 6.45) is 2.66. The lowest BCUT2D eigenvalue weighted by Crippen LogP contribution is -2.44. The van der Waals surface area contributed by atoms with Crippen LogP contribution in [0.2, 0.25) is 0 Å². The van der Waals surface area contributed by atoms with Crippen LogP contribution in [-0.2, 0) is 22.4 Å². The van der Waals surface area contributed by atoms with Gasteiger partial charge >= 0.3 is 5.97 Å². The fraction of sp³-hybridized carbons (Fsp3) is 0.529. The number of methoxy groups -OCH3 is 1. The first kappa shape index (κ1) is 14.9. The van der Waals surface area contributed by atoms with E-state index in [1.165, 1.54) is 11.1 Å². The quantitative estimate of drug-likeness (QED) is 0.923. The average molecular weight is 303 g/mol. The van der Waals surface area contributed by atoms with Crippen molar-refractivity contribution < 1.29 is 19.4 Å². The highest BCUT2D eigenvalue weighted by Crippen LogP contribution is 2.35. The van der Waals surface area contributed by atoms with Gasteiger partial charge in [0.2, 0.25) is 5.91 Å². The summed E-state index contributed by atoms with van der Waals surface area (Å²) in [6.45, 7) is 1.42. The number of aliphatic carboxylic acids is 1. The van der Waals surface area contributed by atoms with E-state index in [9.17, 15) is 9.59 Å². The van der Waals surface area contributed by atoms with Crippen molar-refractivity contribution in [2.45, 2.75) is 25.7 Å². The zero-order valence-corrected chi connectivity index (χ0v) is 12.7. The minimum atomic E-state index is -0.778. The molecule has 0 aromatic heterocycles. The van der Waals surface area contributed by atoms with Crippen LogP contribution in [-0.4, -0.2) is 42.1 Å². The van der Waals surface area contributed by atoms with Gasteiger partial charge in [0.25, 0.3) is 0 Å². The van der Waals surface area contributed by atoms with E-state index in [-0.39, 0.29) is 17.7 Å². The SMILES string of the molecule is COc1ccc2c(c1)CCN(C(=O)C1CC(C(=O)O)C1)CC2. The van der Waals surface area contributed by atoms with Crippen molar-refractivity contribution in [1.82, 2.24) is 4.90 Å². The molecule has 22 heavy (non-hydrogen) atoms. The van der Waals surface area contributed by atoms with Crippen molar-refractivity contribution in [3.63, 3.8) is 0 Å². The van der Waals surface area contributed by atoms with Crippen LogP contribution in [0, 0.1) is 11.8 Å². The molecule has 0 saturated heterocycles. The van der Waals surface area contributed by atoms with Crippen molar-refractivity contribution in [2.75, 3.05) is 20.2 Å². The minimum Gasteiger partial charge on any atom is -0.497 e. The number of carbonyl (C=O) groups is 2. The normalized spacial score (nSPS) is 24.0. The van der Waals surface area contributed by atoms with E-state index in [1.807, 2.05) is 17.0 Å². The molecule has 1 aliphatic carbocycles. The summed E-state index contributed by atoms with van der Waals surface area (Å²) >= 11 is 0. The summed E-state index contributed by atoms with van der Waals surface area (Å²) in [7, 11) is 1.66. The highest BCUT2D eigenvalue weighted by atomic mass is 16.5. The molecule has 5 heteroatoms. The Morgan fingerprint density at radius 2 is 1.82 bits per heavy atom. The van der Waals surface area contributed by atoms with Crippen LogP contribution < -0.4 is 4.74 Å². The Labute approximate surface area is 129 Å². The summed E-state index contributed by atoms with van der Waals surface area (Å²) in [5, 5.41) is 8.92. The van der Waals surface area contributed by atoms with Crippen LogP contribution in [0.25, 0.3) is 0 Å². The van der Waals surface area contributed by atoms with Crippen LogP contribution in [0.1, 0.15) is 24.0 Å². The standard InChI is InChI=1S/C17H21NO4/c1-22-15-3-2-11-4-6-18(7-5-12(11)10-15)16(19)13-8-14(9-13)17(20)21/h2-3,10,13-14H,4-9H2,1H3,(H,20,21). The van der Waals surface area contributed by atoms with Crippen LogP contribution in [0.3, 0.4) is 0 Å². The van der Waals surface area contributed by atoms with E-state index in [0.29, 0.717) is 25.9 Å². The largest absolute Gasteiger partial charge is 0.497 e. The van der Waals surface area contributed by atoms with Gasteiger partial charge in [-0.25, -0.2) is 0 Å². The number of hydrogen-bond donors (Lipinski definition) is 1. The maximum Gasteiger partial charge on any atom is 0.306 e. The average Bonchev–Trinajstić information content (AvgIpc) is 2.66. The van der Waals surface area contributed by atoms with Gasteiger partial charge in [0.05, 0.1) is 13.0 Å². The molecular formula is C17H21NO4. The van der Waals surface area contributed by atoms with Gasteiger partial charge in [0.1, 0.15) is 5.75 Å². The summed E-state index contributed by atoms with van der Waals surface area (Å²) < 4.78 is 5.26. The molecule has 118 valence electrons. The number of hydrogen-bond acceptors (Lipinski definition) is 3. The zero-order chi connectivity index (χ0) is 15.7. The number of ether oxygens (including phenoxy) is 1. The van der Waals surface area contributed by atoms with Gasteiger partial charge in [-0.05, 0) is 48.9 Å². The van der Waals surface area contributed by atoms with Crippen molar-refractivity contribution >= 4 is 11.9 Å². The number of carbonyl (C=O) groups excluding carboxylic acids is 1. The number of carboxylic acid groups (broad SMARTS) is 1. The molecule has 1 aromatic rings. The lowest BCUT2D eigenvalue weighted by atomic mass is 9.74. The predicted molar refractivity (Wildman–Crippen MR) is 80.8 cm³/mol. The Bertz CT molecular complexity index is 592. The fourth-order valence-electron chi connectivity index (χ4n) is 3.33. The summed E-state index contributed by atoms with van der Waals surface area (Å²) in [6, 6.07) is 6.08. The third kappa shape index (κ3) is 2.80. The Kier molecular flexibility index (Phi) is 4.05. The molecule has 0 spiro atoms. The van der Waals surface area contributed by atoms with Crippen LogP contribution >= 0.6 is 0 Å². The van der Waals surface area contributed by atoms with Gasteiger partial charge in [-0.1, -0.05) is 6.07 Å². The van der Waals surface area contributed by atoms with Gasteiger partial charge < -0.3 is 14.7 Å². The van der Waals surface area contributed by atoms with Crippen molar-refractivity contribution in [3.05, 3.63) is 29.3 Å². The van der Waals surface area contributed by atoms with Crippen molar-refractivity contribution in [3.8, 4) is 5.75 Å². The highest BCUT2D eigenvalue weighted by Gasteiger charge is 2.40. The molecule has 1 fully saturated rings. The number of nitrogens with zero attached hydrogens (tertiary/aromatic N) is 1. The van der Waals surface area contributed by atoms with Crippen LogP contribution in [0.4, 0.5) is 0 Å². The van der Waals surface area contributed by atoms with E-state index in [2.05, 4.69) is 6.07 Å². The van der Waals surface area contributed by atoms with Crippen LogP contribution in [0.15, 0.2) is 18.2 Å². The second-order valence-corrected chi connectivity index (χ2v) is 6.16. The number of benzene rings is 1. The number of amides is 1. The van der Waals surface area contributed by atoms with Gasteiger partial charge in [-0.15, -0.1) is 0 Å². The number of rotatable bonds is 3. The smallest absolute Gasteiger partial charge is 0.306 e. The maximum absolute atomic E-state index is 12.5. The van der Waals surface area contributed by atoms with Crippen molar-refractivity contribution in [1.29, 1.82) is 0 Å². The third-order valence-corrected chi connectivity index (χ3v) is 4.86. The molecular weight excluding hydrogens is 282 g/mol. The molecule has 1 amide bonds. The van der Waals surface area contributed by atoms with Gasteiger partial charge in [-0.2, -0.15) is 0 Å². The van der Waals surface area contributed by atoms with E-state index in [0.717, 1.165) is 18.6 Å². The van der Waals surface area contributed by atoms with E-state index in [1.54, 1.807) is 7.11 Å². The topological polar surface area (TPSA) is 66.8 Å². The van der Waals surface area contributed by atoms with Crippen LogP contribution in [0.5, 0.6) is 5.75 Å². The maximum atomic E-state index is 12.5. The first-order chi connectivity index (χ1) is 10.6. The Morgan fingerprint density at radius 3 is 2.45 bits per heavy atom. The fourth-order valence-corrected chi connectivity index (χ4v) is 3.33. The number of fused-ring (bicyclic) bond motifs is 1. The second kappa shape index (κ2) is 5.99. The summed E-state index contributed by atoms with van der Waals surface area (Å²) in [5.74, 6) is -0.238. The number of carboxylic acids is 1. The summed E-state index contributed by atoms with van der Waals surface area (Å²) in [5.41, 5.74) is 2.51. The first-order valence-corrected chi connectivity index (χ1v) is 7.76.